The maximum absolute atomic E-state index is 11.3. The molecule has 0 bridgehead atoms. The molecule has 1 aliphatic heterocycles. The number of carboxylic acid groups (broad SMARTS) is 1. The lowest BCUT2D eigenvalue weighted by Gasteiger charge is -2.33. The van der Waals surface area contributed by atoms with E-state index < -0.39 is 15.8 Å². The average molecular weight is 247 g/mol. The van der Waals surface area contributed by atoms with Crippen LogP contribution in [0.5, 0.6) is 0 Å². The standard InChI is InChI=1S/C10H17NO4S/c12-10(13)7-11(8-1-2-8)9-3-5-16(14,15)6-4-9/h8-9H,1-7H2,(H,12,13). The van der Waals surface area contributed by atoms with Crippen LogP contribution in [0.15, 0.2) is 0 Å². The Morgan fingerprint density at radius 2 is 1.62 bits per heavy atom. The fourth-order valence-corrected chi connectivity index (χ4v) is 3.79. The molecule has 1 aliphatic carbocycles. The lowest BCUT2D eigenvalue weighted by Crippen LogP contribution is -2.44. The van der Waals surface area contributed by atoms with E-state index in [4.69, 9.17) is 5.11 Å². The van der Waals surface area contributed by atoms with Crippen molar-refractivity contribution in [1.29, 1.82) is 0 Å². The SMILES string of the molecule is O=C(O)CN(C1CC1)C1CCS(=O)(=O)CC1. The molecular weight excluding hydrogens is 230 g/mol. The molecule has 2 rings (SSSR count). The van der Waals surface area contributed by atoms with E-state index in [0.29, 0.717) is 18.9 Å². The highest BCUT2D eigenvalue weighted by molar-refractivity contribution is 7.91. The van der Waals surface area contributed by atoms with Crippen molar-refractivity contribution in [2.24, 2.45) is 0 Å². The van der Waals surface area contributed by atoms with E-state index >= 15 is 0 Å². The number of sulfone groups is 1. The molecule has 6 heteroatoms. The van der Waals surface area contributed by atoms with Gasteiger partial charge in [0, 0.05) is 12.1 Å². The zero-order chi connectivity index (χ0) is 11.8. The van der Waals surface area contributed by atoms with E-state index in [1.54, 1.807) is 0 Å². The number of carboxylic acids is 1. The van der Waals surface area contributed by atoms with Gasteiger partial charge in [-0.25, -0.2) is 8.42 Å². The van der Waals surface area contributed by atoms with E-state index in [9.17, 15) is 13.2 Å². The Balaban J connectivity index is 1.96. The zero-order valence-electron chi connectivity index (χ0n) is 9.13. The van der Waals surface area contributed by atoms with E-state index in [1.807, 2.05) is 4.90 Å². The van der Waals surface area contributed by atoms with Gasteiger partial charge in [0.1, 0.15) is 9.84 Å². The van der Waals surface area contributed by atoms with E-state index in [0.717, 1.165) is 12.8 Å². The Morgan fingerprint density at radius 1 is 1.12 bits per heavy atom. The molecule has 0 atom stereocenters. The predicted octanol–water partition coefficient (Wildman–Crippen LogP) is 0.113. The first-order valence-corrected chi connectivity index (χ1v) is 7.48. The van der Waals surface area contributed by atoms with E-state index in [-0.39, 0.29) is 24.1 Å². The van der Waals surface area contributed by atoms with Gasteiger partial charge < -0.3 is 5.11 Å². The molecule has 5 nitrogen and oxygen atoms in total. The van der Waals surface area contributed by atoms with Gasteiger partial charge in [0.05, 0.1) is 18.1 Å². The Labute approximate surface area is 95.4 Å². The van der Waals surface area contributed by atoms with Crippen molar-refractivity contribution in [3.8, 4) is 0 Å². The fraction of sp³-hybridized carbons (Fsp3) is 0.900. The molecule has 1 saturated heterocycles. The fourth-order valence-electron chi connectivity index (χ4n) is 2.33. The largest absolute Gasteiger partial charge is 0.480 e. The molecule has 92 valence electrons. The molecule has 2 aliphatic rings. The second-order valence-corrected chi connectivity index (χ2v) is 6.98. The van der Waals surface area contributed by atoms with Crippen molar-refractivity contribution in [1.82, 2.24) is 4.90 Å². The minimum Gasteiger partial charge on any atom is -0.480 e. The van der Waals surface area contributed by atoms with E-state index in [1.165, 1.54) is 0 Å². The van der Waals surface area contributed by atoms with Gasteiger partial charge in [0.2, 0.25) is 0 Å². The van der Waals surface area contributed by atoms with Gasteiger partial charge in [-0.05, 0) is 25.7 Å². The van der Waals surface area contributed by atoms with Crippen molar-refractivity contribution in [2.45, 2.75) is 37.8 Å². The van der Waals surface area contributed by atoms with Gasteiger partial charge in [-0.15, -0.1) is 0 Å². The van der Waals surface area contributed by atoms with Gasteiger partial charge in [-0.3, -0.25) is 9.69 Å². The number of carbonyl (C=O) groups is 1. The molecule has 2 fully saturated rings. The topological polar surface area (TPSA) is 74.7 Å². The molecule has 0 spiro atoms. The number of rotatable bonds is 4. The minimum absolute atomic E-state index is 0.0510. The lowest BCUT2D eigenvalue weighted by molar-refractivity contribution is -0.139. The molecule has 0 unspecified atom stereocenters. The maximum atomic E-state index is 11.3. The molecule has 16 heavy (non-hydrogen) atoms. The normalized spacial score (nSPS) is 25.8. The number of hydrogen-bond acceptors (Lipinski definition) is 4. The molecular formula is C10H17NO4S. The van der Waals surface area contributed by atoms with Crippen molar-refractivity contribution >= 4 is 15.8 Å². The van der Waals surface area contributed by atoms with Crippen LogP contribution in [0.4, 0.5) is 0 Å². The smallest absolute Gasteiger partial charge is 0.317 e. The highest BCUT2D eigenvalue weighted by atomic mass is 32.2. The number of nitrogens with zero attached hydrogens (tertiary/aromatic N) is 1. The lowest BCUT2D eigenvalue weighted by atomic mass is 10.1. The second kappa shape index (κ2) is 4.33. The van der Waals surface area contributed by atoms with Crippen molar-refractivity contribution in [3.05, 3.63) is 0 Å². The molecule has 0 amide bonds. The third kappa shape index (κ3) is 2.95. The summed E-state index contributed by atoms with van der Waals surface area (Å²) in [6.45, 7) is 0.0510. The van der Waals surface area contributed by atoms with Crippen LogP contribution >= 0.6 is 0 Å². The summed E-state index contributed by atoms with van der Waals surface area (Å²) < 4.78 is 22.6. The third-order valence-electron chi connectivity index (χ3n) is 3.33. The van der Waals surface area contributed by atoms with Crippen LogP contribution in [0, 0.1) is 0 Å². The molecule has 1 heterocycles. The Morgan fingerprint density at radius 3 is 2.06 bits per heavy atom. The zero-order valence-corrected chi connectivity index (χ0v) is 9.95. The highest BCUT2D eigenvalue weighted by Crippen LogP contribution is 2.31. The maximum Gasteiger partial charge on any atom is 0.317 e. The van der Waals surface area contributed by atoms with Crippen LogP contribution in [0.1, 0.15) is 25.7 Å². The van der Waals surface area contributed by atoms with Crippen LogP contribution < -0.4 is 0 Å². The van der Waals surface area contributed by atoms with Gasteiger partial charge in [0.15, 0.2) is 0 Å². The minimum atomic E-state index is -2.86. The van der Waals surface area contributed by atoms with Gasteiger partial charge >= 0.3 is 5.97 Å². The first-order valence-electron chi connectivity index (χ1n) is 5.66. The molecule has 0 aromatic carbocycles. The molecule has 1 saturated carbocycles. The van der Waals surface area contributed by atoms with Crippen molar-refractivity contribution < 1.29 is 18.3 Å². The van der Waals surface area contributed by atoms with Crippen molar-refractivity contribution in [2.75, 3.05) is 18.1 Å². The number of hydrogen-bond donors (Lipinski definition) is 1. The van der Waals surface area contributed by atoms with Crippen LogP contribution in [-0.4, -0.2) is 54.5 Å². The second-order valence-electron chi connectivity index (χ2n) is 4.68. The van der Waals surface area contributed by atoms with Gasteiger partial charge in [0.25, 0.3) is 0 Å². The summed E-state index contributed by atoms with van der Waals surface area (Å²) in [6, 6.07) is 0.522. The Hall–Kier alpha value is -0.620. The van der Waals surface area contributed by atoms with Crippen LogP contribution in [0.2, 0.25) is 0 Å². The van der Waals surface area contributed by atoms with Gasteiger partial charge in [-0.1, -0.05) is 0 Å². The first kappa shape index (κ1) is 11.9. The Kier molecular flexibility index (Phi) is 3.21. The van der Waals surface area contributed by atoms with Gasteiger partial charge in [-0.2, -0.15) is 0 Å². The van der Waals surface area contributed by atoms with Crippen LogP contribution in [0.25, 0.3) is 0 Å². The summed E-state index contributed by atoms with van der Waals surface area (Å²) in [5.74, 6) is -0.401. The first-order chi connectivity index (χ1) is 7.48. The molecule has 0 radical (unpaired) electrons. The summed E-state index contributed by atoms with van der Waals surface area (Å²) in [4.78, 5) is 12.7. The number of aliphatic carboxylic acids is 1. The molecule has 0 aromatic heterocycles. The summed E-state index contributed by atoms with van der Waals surface area (Å²) >= 11 is 0. The average Bonchev–Trinajstić information content (AvgIpc) is 2.97. The van der Waals surface area contributed by atoms with Crippen molar-refractivity contribution in [3.63, 3.8) is 0 Å². The quantitative estimate of drug-likeness (QED) is 0.763. The summed E-state index contributed by atoms with van der Waals surface area (Å²) in [5, 5.41) is 8.83. The summed E-state index contributed by atoms with van der Waals surface area (Å²) in [6.07, 6.45) is 3.28. The predicted molar refractivity (Wildman–Crippen MR) is 59.0 cm³/mol. The van der Waals surface area contributed by atoms with Crippen LogP contribution in [-0.2, 0) is 14.6 Å². The van der Waals surface area contributed by atoms with E-state index in [2.05, 4.69) is 0 Å². The molecule has 1 N–H and O–H groups in total. The summed E-state index contributed by atoms with van der Waals surface area (Å²) in [7, 11) is -2.86. The Bertz CT molecular complexity index is 360. The third-order valence-corrected chi connectivity index (χ3v) is 5.04. The summed E-state index contributed by atoms with van der Waals surface area (Å²) in [5.41, 5.74) is 0. The monoisotopic (exact) mass is 247 g/mol. The molecule has 0 aromatic rings. The van der Waals surface area contributed by atoms with Crippen LogP contribution in [0.3, 0.4) is 0 Å². The highest BCUT2D eigenvalue weighted by Gasteiger charge is 2.37.